The third kappa shape index (κ3) is 2.76. The van der Waals surface area contributed by atoms with Crippen molar-refractivity contribution in [3.63, 3.8) is 0 Å². The number of nitrogens with zero attached hydrogens (tertiary/aromatic N) is 2. The summed E-state index contributed by atoms with van der Waals surface area (Å²) in [4.78, 5) is 0. The van der Waals surface area contributed by atoms with Crippen LogP contribution >= 0.6 is 0 Å². The van der Waals surface area contributed by atoms with Crippen molar-refractivity contribution >= 4 is 0 Å². The van der Waals surface area contributed by atoms with Gasteiger partial charge in [0.2, 0.25) is 11.8 Å². The van der Waals surface area contributed by atoms with Gasteiger partial charge in [0.1, 0.15) is 6.10 Å². The molecule has 0 saturated carbocycles. The van der Waals surface area contributed by atoms with Crippen LogP contribution in [-0.2, 0) is 11.3 Å². The van der Waals surface area contributed by atoms with E-state index in [9.17, 15) is 0 Å². The minimum Gasteiger partial charge on any atom is -0.421 e. The summed E-state index contributed by atoms with van der Waals surface area (Å²) >= 11 is 0. The molecule has 1 aromatic heterocycles. The van der Waals surface area contributed by atoms with Crippen LogP contribution in [0.1, 0.15) is 44.1 Å². The zero-order valence-corrected chi connectivity index (χ0v) is 9.03. The molecule has 0 bridgehead atoms. The molecule has 0 spiro atoms. The molecule has 1 fully saturated rings. The van der Waals surface area contributed by atoms with E-state index in [2.05, 4.69) is 15.5 Å². The highest BCUT2D eigenvalue weighted by Gasteiger charge is 2.21. The van der Waals surface area contributed by atoms with E-state index < -0.39 is 0 Å². The van der Waals surface area contributed by atoms with Crippen LogP contribution in [0.2, 0.25) is 0 Å². The fraction of sp³-hybridized carbons (Fsp3) is 0.800. The molecular weight excluding hydrogens is 194 g/mol. The maximum atomic E-state index is 5.57. The molecule has 0 radical (unpaired) electrons. The molecule has 0 aromatic carbocycles. The molecule has 1 saturated heterocycles. The van der Waals surface area contributed by atoms with E-state index in [1.807, 2.05) is 6.92 Å². The first-order chi connectivity index (χ1) is 7.40. The summed E-state index contributed by atoms with van der Waals surface area (Å²) < 4.78 is 11.1. The lowest BCUT2D eigenvalue weighted by atomic mass is 10.1. The first-order valence-corrected chi connectivity index (χ1v) is 5.54. The van der Waals surface area contributed by atoms with Crippen LogP contribution in [0.25, 0.3) is 0 Å². The molecule has 0 aliphatic carbocycles. The van der Waals surface area contributed by atoms with E-state index in [4.69, 9.17) is 9.15 Å². The number of nitrogens with one attached hydrogen (secondary N) is 1. The van der Waals surface area contributed by atoms with Crippen LogP contribution < -0.4 is 5.32 Å². The van der Waals surface area contributed by atoms with Gasteiger partial charge in [-0.15, -0.1) is 10.2 Å². The van der Waals surface area contributed by atoms with Gasteiger partial charge in [-0.3, -0.25) is 0 Å². The van der Waals surface area contributed by atoms with Crippen molar-refractivity contribution in [1.82, 2.24) is 15.5 Å². The van der Waals surface area contributed by atoms with Crippen LogP contribution in [0.4, 0.5) is 0 Å². The highest BCUT2D eigenvalue weighted by atomic mass is 16.5. The van der Waals surface area contributed by atoms with Crippen molar-refractivity contribution in [2.24, 2.45) is 0 Å². The van der Waals surface area contributed by atoms with Crippen LogP contribution in [-0.4, -0.2) is 23.3 Å². The Morgan fingerprint density at radius 2 is 2.33 bits per heavy atom. The minimum absolute atomic E-state index is 0.0154. The monoisotopic (exact) mass is 211 g/mol. The molecule has 2 rings (SSSR count). The fourth-order valence-corrected chi connectivity index (χ4v) is 1.64. The van der Waals surface area contributed by atoms with Crippen molar-refractivity contribution < 1.29 is 9.15 Å². The van der Waals surface area contributed by atoms with Gasteiger partial charge in [-0.05, 0) is 25.8 Å². The molecule has 0 amide bonds. The highest BCUT2D eigenvalue weighted by molar-refractivity contribution is 4.88. The number of aromatic nitrogens is 2. The molecule has 1 aliphatic rings. The second-order valence-electron chi connectivity index (χ2n) is 3.67. The zero-order chi connectivity index (χ0) is 10.5. The molecule has 5 nitrogen and oxygen atoms in total. The predicted molar refractivity (Wildman–Crippen MR) is 54.2 cm³/mol. The molecule has 1 N–H and O–H groups in total. The molecule has 15 heavy (non-hydrogen) atoms. The number of rotatable bonds is 4. The van der Waals surface area contributed by atoms with Gasteiger partial charge in [-0.1, -0.05) is 6.92 Å². The lowest BCUT2D eigenvalue weighted by Gasteiger charge is -2.18. The Hall–Kier alpha value is -0.940. The Morgan fingerprint density at radius 1 is 1.40 bits per heavy atom. The highest BCUT2D eigenvalue weighted by Crippen LogP contribution is 2.26. The molecule has 5 heteroatoms. The summed E-state index contributed by atoms with van der Waals surface area (Å²) in [7, 11) is 0. The van der Waals surface area contributed by atoms with E-state index in [1.54, 1.807) is 0 Å². The average molecular weight is 211 g/mol. The molecule has 1 aromatic rings. The van der Waals surface area contributed by atoms with Gasteiger partial charge in [0.15, 0.2) is 0 Å². The van der Waals surface area contributed by atoms with Crippen LogP contribution in [0, 0.1) is 0 Å². The first-order valence-electron chi connectivity index (χ1n) is 5.54. The average Bonchev–Trinajstić information content (AvgIpc) is 2.76. The van der Waals surface area contributed by atoms with Gasteiger partial charge < -0.3 is 14.5 Å². The van der Waals surface area contributed by atoms with Crippen molar-refractivity contribution in [2.75, 3.05) is 13.2 Å². The quantitative estimate of drug-likeness (QED) is 0.816. The molecule has 1 unspecified atom stereocenters. The van der Waals surface area contributed by atoms with E-state index in [1.165, 1.54) is 6.42 Å². The Balaban J connectivity index is 1.93. The topological polar surface area (TPSA) is 60.2 Å². The van der Waals surface area contributed by atoms with Gasteiger partial charge >= 0.3 is 0 Å². The SMILES string of the molecule is CCNCc1nnc(C2CCCCO2)o1. The van der Waals surface area contributed by atoms with E-state index in [0.717, 1.165) is 26.0 Å². The third-order valence-corrected chi connectivity index (χ3v) is 2.46. The van der Waals surface area contributed by atoms with Gasteiger partial charge in [-0.2, -0.15) is 0 Å². The first kappa shape index (κ1) is 10.6. The lowest BCUT2D eigenvalue weighted by Crippen LogP contribution is -2.12. The van der Waals surface area contributed by atoms with Gasteiger partial charge in [0.25, 0.3) is 0 Å². The standard InChI is InChI=1S/C10H17N3O2/c1-2-11-7-9-12-13-10(15-9)8-5-3-4-6-14-8/h8,11H,2-7H2,1H3. The van der Waals surface area contributed by atoms with Gasteiger partial charge in [0, 0.05) is 6.61 Å². The summed E-state index contributed by atoms with van der Waals surface area (Å²) in [6.07, 6.45) is 3.31. The maximum absolute atomic E-state index is 5.57. The molecule has 2 heterocycles. The second kappa shape index (κ2) is 5.23. The Morgan fingerprint density at radius 3 is 3.07 bits per heavy atom. The van der Waals surface area contributed by atoms with Crippen molar-refractivity contribution in [3.05, 3.63) is 11.8 Å². The molecule has 1 atom stereocenters. The van der Waals surface area contributed by atoms with E-state index in [0.29, 0.717) is 18.3 Å². The van der Waals surface area contributed by atoms with Crippen molar-refractivity contribution in [3.8, 4) is 0 Å². The number of ether oxygens (including phenoxy) is 1. The zero-order valence-electron chi connectivity index (χ0n) is 9.03. The summed E-state index contributed by atoms with van der Waals surface area (Å²) in [5.74, 6) is 1.27. The molecular formula is C10H17N3O2. The fourth-order valence-electron chi connectivity index (χ4n) is 1.64. The Kier molecular flexibility index (Phi) is 3.69. The van der Waals surface area contributed by atoms with Crippen LogP contribution in [0.15, 0.2) is 4.42 Å². The molecule has 84 valence electrons. The summed E-state index contributed by atoms with van der Waals surface area (Å²) in [5.41, 5.74) is 0. The molecule has 1 aliphatic heterocycles. The predicted octanol–water partition coefficient (Wildman–Crippen LogP) is 1.42. The van der Waals surface area contributed by atoms with Crippen LogP contribution in [0.3, 0.4) is 0 Å². The lowest BCUT2D eigenvalue weighted by molar-refractivity contribution is -0.00215. The summed E-state index contributed by atoms with van der Waals surface area (Å²) in [5, 5.41) is 11.1. The Bertz CT molecular complexity index is 295. The van der Waals surface area contributed by atoms with E-state index in [-0.39, 0.29) is 6.10 Å². The second-order valence-corrected chi connectivity index (χ2v) is 3.67. The third-order valence-electron chi connectivity index (χ3n) is 2.46. The minimum atomic E-state index is 0.0154. The van der Waals surface area contributed by atoms with Crippen LogP contribution in [0.5, 0.6) is 0 Å². The number of hydrogen-bond donors (Lipinski definition) is 1. The Labute approximate surface area is 89.2 Å². The van der Waals surface area contributed by atoms with Crippen molar-refractivity contribution in [1.29, 1.82) is 0 Å². The largest absolute Gasteiger partial charge is 0.421 e. The smallest absolute Gasteiger partial charge is 0.245 e. The van der Waals surface area contributed by atoms with E-state index >= 15 is 0 Å². The van der Waals surface area contributed by atoms with Crippen molar-refractivity contribution in [2.45, 2.75) is 38.8 Å². The maximum Gasteiger partial charge on any atom is 0.245 e. The summed E-state index contributed by atoms with van der Waals surface area (Å²) in [6, 6.07) is 0. The summed E-state index contributed by atoms with van der Waals surface area (Å²) in [6.45, 7) is 4.38. The van der Waals surface area contributed by atoms with Gasteiger partial charge in [-0.25, -0.2) is 0 Å². The van der Waals surface area contributed by atoms with Gasteiger partial charge in [0.05, 0.1) is 6.54 Å². The number of hydrogen-bond acceptors (Lipinski definition) is 5. The normalized spacial score (nSPS) is 21.8.